The van der Waals surface area contributed by atoms with E-state index in [1.165, 1.54) is 12.1 Å². The Morgan fingerprint density at radius 3 is 2.48 bits per heavy atom. The van der Waals surface area contributed by atoms with Gasteiger partial charge in [0, 0.05) is 28.6 Å². The summed E-state index contributed by atoms with van der Waals surface area (Å²) < 4.78 is 5.80. The smallest absolute Gasteiger partial charge is 0.258 e. The zero-order valence-electron chi connectivity index (χ0n) is 11.2. The third-order valence-electron chi connectivity index (χ3n) is 3.22. The van der Waals surface area contributed by atoms with Crippen LogP contribution in [0, 0.1) is 17.0 Å². The Labute approximate surface area is 125 Å². The van der Waals surface area contributed by atoms with Crippen LogP contribution in [0.3, 0.4) is 0 Å². The maximum absolute atomic E-state index is 10.7. The Kier molecular flexibility index (Phi) is 3.31. The molecule has 21 heavy (non-hydrogen) atoms. The topological polar surface area (TPSA) is 54.4 Å². The van der Waals surface area contributed by atoms with Crippen molar-refractivity contribution in [2.24, 2.45) is 0 Å². The van der Waals surface area contributed by atoms with Crippen molar-refractivity contribution in [2.45, 2.75) is 6.92 Å². The van der Waals surface area contributed by atoms with E-state index in [1.54, 1.807) is 18.2 Å². The Bertz CT molecular complexity index is 839. The number of aryl methyl sites for hydroxylation is 1. The molecule has 1 heterocycles. The van der Waals surface area contributed by atoms with E-state index in [0.29, 0.717) is 10.8 Å². The van der Waals surface area contributed by atoms with Crippen LogP contribution in [0.5, 0.6) is 0 Å². The summed E-state index contributed by atoms with van der Waals surface area (Å²) in [7, 11) is 0. The average molecular weight is 301 g/mol. The van der Waals surface area contributed by atoms with Crippen LogP contribution in [-0.2, 0) is 0 Å². The molecule has 0 bridgehead atoms. The van der Waals surface area contributed by atoms with E-state index < -0.39 is 4.92 Å². The van der Waals surface area contributed by atoms with Crippen molar-refractivity contribution in [1.29, 1.82) is 0 Å². The molecule has 3 rings (SSSR count). The van der Waals surface area contributed by atoms with E-state index >= 15 is 0 Å². The molecule has 0 N–H and O–H groups in total. The highest BCUT2D eigenvalue weighted by Crippen LogP contribution is 2.32. The Hall–Kier alpha value is -2.46. The highest BCUT2D eigenvalue weighted by Gasteiger charge is 2.20. The van der Waals surface area contributed by atoms with Gasteiger partial charge in [0.15, 0.2) is 0 Å². The summed E-state index contributed by atoms with van der Waals surface area (Å²) in [6.07, 6.45) is 0. The van der Waals surface area contributed by atoms with Crippen molar-refractivity contribution in [3.63, 3.8) is 0 Å². The number of rotatable bonds is 2. The van der Waals surface area contributed by atoms with Crippen LogP contribution in [0.15, 0.2) is 52.9 Å². The van der Waals surface area contributed by atoms with Gasteiger partial charge >= 0.3 is 11.5 Å². The van der Waals surface area contributed by atoms with E-state index in [4.69, 9.17) is 16.0 Å². The van der Waals surface area contributed by atoms with E-state index in [2.05, 4.69) is 0 Å². The number of hydrogen-bond donors (Lipinski definition) is 0. The van der Waals surface area contributed by atoms with Crippen LogP contribution in [0.2, 0.25) is 5.02 Å². The van der Waals surface area contributed by atoms with Gasteiger partial charge < -0.3 is 0 Å². The molecule has 0 saturated carbocycles. The molecule has 1 aromatic heterocycles. The first-order valence-electron chi connectivity index (χ1n) is 6.32. The van der Waals surface area contributed by atoms with Crippen LogP contribution in [0.4, 0.5) is 5.69 Å². The summed E-state index contributed by atoms with van der Waals surface area (Å²) in [4.78, 5) is 10.3. The zero-order chi connectivity index (χ0) is 15.0. The fraction of sp³-hybridized carbons (Fsp3) is 0.0625. The van der Waals surface area contributed by atoms with E-state index in [1.807, 2.05) is 25.1 Å². The Morgan fingerprint density at radius 2 is 1.81 bits per heavy atom. The summed E-state index contributed by atoms with van der Waals surface area (Å²) in [6.45, 7) is 1.86. The van der Waals surface area contributed by atoms with Gasteiger partial charge in [-0.25, -0.2) is 4.42 Å². The second-order valence-corrected chi connectivity index (χ2v) is 5.16. The zero-order valence-corrected chi connectivity index (χ0v) is 11.9. The highest BCUT2D eigenvalue weighted by atomic mass is 35.5. The van der Waals surface area contributed by atoms with Gasteiger partial charge in [0.25, 0.3) is 5.69 Å². The first-order valence-corrected chi connectivity index (χ1v) is 6.70. The third kappa shape index (κ3) is 2.58. The minimum Gasteiger partial charge on any atom is -0.258 e. The molecule has 4 nitrogen and oxygen atoms in total. The molecule has 0 atom stereocenters. The normalized spacial score (nSPS) is 10.8. The van der Waals surface area contributed by atoms with Crippen molar-refractivity contribution in [1.82, 2.24) is 0 Å². The third-order valence-corrected chi connectivity index (χ3v) is 3.46. The molecule has 0 radical (unpaired) electrons. The molecule has 0 fully saturated rings. The number of halogens is 1. The van der Waals surface area contributed by atoms with Gasteiger partial charge in [-0.2, -0.15) is 0 Å². The second-order valence-electron chi connectivity index (χ2n) is 4.72. The van der Waals surface area contributed by atoms with Gasteiger partial charge in [0.2, 0.25) is 0 Å². The predicted molar refractivity (Wildman–Crippen MR) is 82.5 cm³/mol. The lowest BCUT2D eigenvalue weighted by molar-refractivity contribution is -0.384. The Balaban J connectivity index is 2.21. The molecule has 2 aromatic carbocycles. The Morgan fingerprint density at radius 1 is 1.10 bits per heavy atom. The molecule has 0 saturated heterocycles. The van der Waals surface area contributed by atoms with Crippen LogP contribution >= 0.6 is 11.6 Å². The molecule has 0 unspecified atom stereocenters. The minimum absolute atomic E-state index is 0.0544. The van der Waals surface area contributed by atoms with Crippen molar-refractivity contribution in [2.75, 3.05) is 0 Å². The lowest BCUT2D eigenvalue weighted by Gasteiger charge is -1.99. The molecule has 5 heteroatoms. The second kappa shape index (κ2) is 5.14. The van der Waals surface area contributed by atoms with E-state index in [-0.39, 0.29) is 5.69 Å². The summed E-state index contributed by atoms with van der Waals surface area (Å²) in [5.74, 6) is 1.43. The molecular formula is C16H11ClNO3+. The van der Waals surface area contributed by atoms with Gasteiger partial charge in [-0.1, -0.05) is 11.6 Å². The monoisotopic (exact) mass is 300 g/mol. The predicted octanol–water partition coefficient (Wildman–Crippen LogP) is 5.25. The molecule has 0 amide bonds. The molecule has 104 valence electrons. The maximum atomic E-state index is 10.7. The molecule has 3 aromatic rings. The van der Waals surface area contributed by atoms with Gasteiger partial charge in [-0.3, -0.25) is 10.1 Å². The van der Waals surface area contributed by atoms with Crippen LogP contribution in [0.25, 0.3) is 22.1 Å². The first kappa shape index (κ1) is 13.5. The summed E-state index contributed by atoms with van der Waals surface area (Å²) in [5.41, 5.74) is 0.843. The summed E-state index contributed by atoms with van der Waals surface area (Å²) >= 11 is 6.02. The van der Waals surface area contributed by atoms with Gasteiger partial charge in [0.1, 0.15) is 0 Å². The van der Waals surface area contributed by atoms with Crippen molar-refractivity contribution >= 4 is 28.1 Å². The van der Waals surface area contributed by atoms with Crippen molar-refractivity contribution in [3.8, 4) is 11.3 Å². The number of hydrogen-bond acceptors (Lipinski definition) is 2. The van der Waals surface area contributed by atoms with Crippen LogP contribution in [-0.4, -0.2) is 4.92 Å². The summed E-state index contributed by atoms with van der Waals surface area (Å²) in [5, 5.41) is 13.3. The standard InChI is InChI=1S/C16H11ClNO3/c1-10-8-12-9-13(17)4-7-15(12)16(21-10)11-2-5-14(6-3-11)18(19)20/h2-9H,1H3/q+1. The summed E-state index contributed by atoms with van der Waals surface area (Å²) in [6, 6.07) is 13.8. The number of nitro benzene ring substituents is 1. The van der Waals surface area contributed by atoms with E-state index in [9.17, 15) is 10.1 Å². The molecule has 0 aliphatic heterocycles. The minimum atomic E-state index is -0.422. The molecule has 0 aliphatic carbocycles. The quantitative estimate of drug-likeness (QED) is 0.369. The number of fused-ring (bicyclic) bond motifs is 1. The molecule has 0 spiro atoms. The van der Waals surface area contributed by atoms with Crippen LogP contribution in [0.1, 0.15) is 5.76 Å². The maximum Gasteiger partial charge on any atom is 0.367 e. The largest absolute Gasteiger partial charge is 0.367 e. The number of non-ortho nitro benzene ring substituents is 1. The van der Waals surface area contributed by atoms with Gasteiger partial charge in [-0.15, -0.1) is 0 Å². The average Bonchev–Trinajstić information content (AvgIpc) is 2.46. The highest BCUT2D eigenvalue weighted by molar-refractivity contribution is 6.31. The fourth-order valence-corrected chi connectivity index (χ4v) is 2.45. The lowest BCUT2D eigenvalue weighted by Crippen LogP contribution is -1.88. The van der Waals surface area contributed by atoms with E-state index in [0.717, 1.165) is 22.1 Å². The van der Waals surface area contributed by atoms with Gasteiger partial charge in [-0.05, 0) is 30.3 Å². The first-order chi connectivity index (χ1) is 10.0. The fourth-order valence-electron chi connectivity index (χ4n) is 2.27. The number of nitrogens with zero attached hydrogens (tertiary/aromatic N) is 1. The lowest BCUT2D eigenvalue weighted by atomic mass is 10.0. The number of benzene rings is 2. The SMILES string of the molecule is Cc1cc2cc(Cl)ccc2c(-c2ccc([N+](=O)[O-])cc2)[o+]1. The number of nitro groups is 1. The van der Waals surface area contributed by atoms with Gasteiger partial charge in [0.05, 0.1) is 22.8 Å². The molecular weight excluding hydrogens is 290 g/mol. The van der Waals surface area contributed by atoms with Crippen molar-refractivity contribution < 1.29 is 9.34 Å². The molecule has 0 aliphatic rings. The van der Waals surface area contributed by atoms with Crippen LogP contribution < -0.4 is 0 Å². The van der Waals surface area contributed by atoms with Crippen molar-refractivity contribution in [3.05, 3.63) is 69.4 Å².